The molecule has 1 aromatic rings. The summed E-state index contributed by atoms with van der Waals surface area (Å²) < 4.78 is 4.74. The van der Waals surface area contributed by atoms with Gasteiger partial charge in [0.2, 0.25) is 0 Å². The van der Waals surface area contributed by atoms with E-state index in [9.17, 15) is 14.4 Å². The molecule has 3 N–H and O–H groups in total. The van der Waals surface area contributed by atoms with Crippen molar-refractivity contribution in [3.8, 4) is 0 Å². The van der Waals surface area contributed by atoms with Crippen molar-refractivity contribution in [2.24, 2.45) is 11.8 Å². The lowest BCUT2D eigenvalue weighted by Gasteiger charge is -2.23. The van der Waals surface area contributed by atoms with Gasteiger partial charge in [-0.25, -0.2) is 0 Å². The van der Waals surface area contributed by atoms with Crippen LogP contribution in [-0.2, 0) is 14.3 Å². The van der Waals surface area contributed by atoms with E-state index >= 15 is 0 Å². The van der Waals surface area contributed by atoms with Gasteiger partial charge in [-0.05, 0) is 57.2 Å². The molecule has 0 aliphatic heterocycles. The summed E-state index contributed by atoms with van der Waals surface area (Å²) in [5.41, 5.74) is 0.151. The largest absolute Gasteiger partial charge is 0.483 e. The van der Waals surface area contributed by atoms with E-state index < -0.39 is 5.43 Å². The molecule has 0 radical (unpaired) electrons. The third kappa shape index (κ3) is 36.3. The number of ether oxygens (including phenoxy) is 1. The summed E-state index contributed by atoms with van der Waals surface area (Å²) >= 11 is 0. The monoisotopic (exact) mass is 850 g/mol. The fraction of sp³-hybridized carbons (Fsp3) is 0.882. The van der Waals surface area contributed by atoms with Crippen LogP contribution in [0.4, 0.5) is 11.4 Å². The summed E-state index contributed by atoms with van der Waals surface area (Å²) in [7, 11) is 1.70. The van der Waals surface area contributed by atoms with E-state index in [1.807, 2.05) is 0 Å². The lowest BCUT2D eigenvalue weighted by atomic mass is 9.89. The number of nitrogens with one attached hydrogen (secondary N) is 2. The molecule has 60 heavy (non-hydrogen) atoms. The van der Waals surface area contributed by atoms with E-state index in [-0.39, 0.29) is 11.9 Å². The topological polar surface area (TPSA) is 125 Å². The van der Waals surface area contributed by atoms with Crippen LogP contribution < -0.4 is 21.5 Å². The molecule has 0 aliphatic rings. The van der Waals surface area contributed by atoms with Crippen molar-refractivity contribution >= 4 is 24.3 Å². The molecule has 1 rings (SSSR count). The Morgan fingerprint density at radius 1 is 0.500 bits per heavy atom. The second-order valence-corrected chi connectivity index (χ2v) is 17.4. The molecule has 0 heterocycles. The summed E-state index contributed by atoms with van der Waals surface area (Å²) in [5.74, 6) is 1.73. The smallest absolute Gasteiger partial charge is 0.293 e. The molecule has 0 aromatic heterocycles. The highest BCUT2D eigenvalue weighted by Crippen LogP contribution is 2.25. The SMILES string of the molecule is CCCCC(CCCC)CCOC=O.CCCCCCCCN(CCCCCCCC(CCCCCCC)CCCCCCC)CCCNc1c(NC)c(=O)c1=O.O=CO. The molecular formula is C51H99N3O6. The quantitative estimate of drug-likeness (QED) is 0.0334. The highest BCUT2D eigenvalue weighted by molar-refractivity contribution is 5.73. The number of hydrogen-bond acceptors (Lipinski definition) is 8. The van der Waals surface area contributed by atoms with Crippen LogP contribution >= 0.6 is 0 Å². The Hall–Kier alpha value is -2.42. The minimum absolute atomic E-state index is 0.250. The number of nitrogens with zero attached hydrogens (tertiary/aromatic N) is 1. The van der Waals surface area contributed by atoms with Crippen LogP contribution in [0, 0.1) is 11.8 Å². The van der Waals surface area contributed by atoms with Crippen LogP contribution in [0.1, 0.15) is 240 Å². The molecule has 9 heteroatoms. The molecule has 0 fully saturated rings. The summed E-state index contributed by atoms with van der Waals surface area (Å²) in [6.45, 7) is 16.4. The third-order valence-corrected chi connectivity index (χ3v) is 12.1. The molecule has 0 aliphatic carbocycles. The van der Waals surface area contributed by atoms with E-state index in [1.165, 1.54) is 206 Å². The number of carbonyl (C=O) groups is 2. The van der Waals surface area contributed by atoms with Gasteiger partial charge in [-0.15, -0.1) is 0 Å². The Labute approximate surface area is 370 Å². The predicted octanol–water partition coefficient (Wildman–Crippen LogP) is 13.7. The van der Waals surface area contributed by atoms with E-state index in [0.29, 0.717) is 24.5 Å². The zero-order chi connectivity index (χ0) is 44.7. The number of rotatable bonds is 43. The van der Waals surface area contributed by atoms with Gasteiger partial charge >= 0.3 is 0 Å². The van der Waals surface area contributed by atoms with E-state index in [2.05, 4.69) is 50.2 Å². The molecule has 0 saturated carbocycles. The van der Waals surface area contributed by atoms with Crippen molar-refractivity contribution in [3.63, 3.8) is 0 Å². The van der Waals surface area contributed by atoms with Gasteiger partial charge in [0.25, 0.3) is 23.8 Å². The predicted molar refractivity (Wildman–Crippen MR) is 260 cm³/mol. The van der Waals surface area contributed by atoms with Gasteiger partial charge < -0.3 is 25.4 Å². The average molecular weight is 850 g/mol. The molecular weight excluding hydrogens is 751 g/mol. The van der Waals surface area contributed by atoms with Crippen LogP contribution in [0.5, 0.6) is 0 Å². The molecule has 0 saturated heterocycles. The van der Waals surface area contributed by atoms with Gasteiger partial charge in [-0.1, -0.05) is 214 Å². The number of hydrogen-bond donors (Lipinski definition) is 3. The fourth-order valence-corrected chi connectivity index (χ4v) is 8.27. The van der Waals surface area contributed by atoms with Crippen molar-refractivity contribution in [3.05, 3.63) is 20.4 Å². The van der Waals surface area contributed by atoms with E-state index in [0.717, 1.165) is 37.8 Å². The summed E-state index contributed by atoms with van der Waals surface area (Å²) in [4.78, 5) is 44.5. The van der Waals surface area contributed by atoms with E-state index in [1.54, 1.807) is 7.05 Å². The Morgan fingerprint density at radius 3 is 1.27 bits per heavy atom. The first-order chi connectivity index (χ1) is 29.3. The molecule has 1 aromatic carbocycles. The molecule has 0 bridgehead atoms. The maximum atomic E-state index is 11.8. The minimum atomic E-state index is -0.393. The number of carboxylic acid groups (broad SMARTS) is 1. The first-order valence-corrected chi connectivity index (χ1v) is 25.4. The van der Waals surface area contributed by atoms with Gasteiger partial charge in [0.1, 0.15) is 11.4 Å². The average Bonchev–Trinajstić information content (AvgIpc) is 3.25. The lowest BCUT2D eigenvalue weighted by molar-refractivity contribution is -0.129. The van der Waals surface area contributed by atoms with Crippen LogP contribution in [0.2, 0.25) is 0 Å². The lowest BCUT2D eigenvalue weighted by Crippen LogP contribution is -2.37. The summed E-state index contributed by atoms with van der Waals surface area (Å²) in [6, 6.07) is 0. The maximum absolute atomic E-state index is 11.8. The van der Waals surface area contributed by atoms with Crippen molar-refractivity contribution in [1.82, 2.24) is 4.90 Å². The third-order valence-electron chi connectivity index (χ3n) is 12.1. The molecule has 9 nitrogen and oxygen atoms in total. The van der Waals surface area contributed by atoms with Crippen molar-refractivity contribution < 1.29 is 19.4 Å². The zero-order valence-corrected chi connectivity index (χ0v) is 40.4. The maximum Gasteiger partial charge on any atom is 0.293 e. The summed E-state index contributed by atoms with van der Waals surface area (Å²) in [6.07, 6.45) is 43.2. The normalized spacial score (nSPS) is 11.1. The van der Waals surface area contributed by atoms with Crippen molar-refractivity contribution in [2.75, 3.05) is 50.5 Å². The van der Waals surface area contributed by atoms with Gasteiger partial charge in [0.05, 0.1) is 6.61 Å². The zero-order valence-electron chi connectivity index (χ0n) is 40.4. The van der Waals surface area contributed by atoms with Crippen LogP contribution in [0.15, 0.2) is 9.59 Å². The highest BCUT2D eigenvalue weighted by atomic mass is 16.5. The fourth-order valence-electron chi connectivity index (χ4n) is 8.27. The van der Waals surface area contributed by atoms with Gasteiger partial charge in [0, 0.05) is 13.6 Å². The standard InChI is InChI=1S/C38H73N3O2.C12H24O2.CH2O2/c1-5-8-11-14-19-24-31-41(33-26-30-40-36-35(39-4)37(42)38(36)43)32-25-20-15-18-23-29-34(27-21-16-12-9-6-2)28-22-17-13-10-7-3;1-3-5-7-12(8-6-4-2)9-10-14-11-13;2-1-3/h34,39-40H,5-33H2,1-4H3;11-12H,3-10H2,1-2H3;1H,(H,2,3). The van der Waals surface area contributed by atoms with Gasteiger partial charge in [-0.2, -0.15) is 0 Å². The molecule has 0 spiro atoms. The van der Waals surface area contributed by atoms with Crippen LogP contribution in [0.25, 0.3) is 0 Å². The van der Waals surface area contributed by atoms with Crippen LogP contribution in [-0.4, -0.2) is 62.8 Å². The van der Waals surface area contributed by atoms with Crippen LogP contribution in [0.3, 0.4) is 0 Å². The molecule has 0 atom stereocenters. The minimum Gasteiger partial charge on any atom is -0.483 e. The Morgan fingerprint density at radius 2 is 0.850 bits per heavy atom. The molecule has 0 unspecified atom stereocenters. The van der Waals surface area contributed by atoms with Gasteiger partial charge in [-0.3, -0.25) is 19.2 Å². The van der Waals surface area contributed by atoms with Gasteiger partial charge in [0.15, 0.2) is 0 Å². The molecule has 354 valence electrons. The van der Waals surface area contributed by atoms with E-state index in [4.69, 9.17) is 14.6 Å². The van der Waals surface area contributed by atoms with Crippen molar-refractivity contribution in [2.45, 2.75) is 240 Å². The first-order valence-electron chi connectivity index (χ1n) is 25.4. The molecule has 0 amide bonds. The number of unbranched alkanes of at least 4 members (excludes halogenated alkanes) is 19. The van der Waals surface area contributed by atoms with Crippen molar-refractivity contribution in [1.29, 1.82) is 0 Å². The Balaban J connectivity index is 0. The highest BCUT2D eigenvalue weighted by Gasteiger charge is 2.19. The summed E-state index contributed by atoms with van der Waals surface area (Å²) in [5, 5.41) is 12.9. The number of anilines is 2. The second-order valence-electron chi connectivity index (χ2n) is 17.4. The second kappa shape index (κ2) is 47.6. The first kappa shape index (κ1) is 59.7. The Kier molecular flexibility index (Phi) is 47.4. The number of carbonyl (C=O) groups excluding carboxylic acids is 1. The Bertz CT molecular complexity index is 1090.